The molecule has 104 valence electrons. The molecule has 0 aliphatic carbocycles. The monoisotopic (exact) mass is 275 g/mol. The van der Waals surface area contributed by atoms with Crippen LogP contribution in [0.15, 0.2) is 36.4 Å². The number of rotatable bonds is 3. The maximum absolute atomic E-state index is 13.7. The second-order valence-corrected chi connectivity index (χ2v) is 5.01. The quantitative estimate of drug-likeness (QED) is 0.918. The third-order valence-corrected chi connectivity index (χ3v) is 3.59. The van der Waals surface area contributed by atoms with Crippen LogP contribution >= 0.6 is 0 Å². The molecule has 1 atom stereocenters. The maximum Gasteiger partial charge on any atom is 0.146 e. The zero-order valence-corrected chi connectivity index (χ0v) is 11.1. The van der Waals surface area contributed by atoms with E-state index in [-0.39, 0.29) is 11.6 Å². The van der Waals surface area contributed by atoms with Crippen molar-refractivity contribution in [1.29, 1.82) is 0 Å². The van der Waals surface area contributed by atoms with E-state index < -0.39 is 11.6 Å². The Kier molecular flexibility index (Phi) is 3.30. The molecule has 0 saturated carbocycles. The van der Waals surface area contributed by atoms with E-state index in [1.807, 2.05) is 24.3 Å². The normalized spacial score (nSPS) is 16.6. The van der Waals surface area contributed by atoms with Crippen molar-refractivity contribution in [3.63, 3.8) is 0 Å². The number of hydrogen-bond donors (Lipinski definition) is 1. The Balaban J connectivity index is 1.74. The smallest absolute Gasteiger partial charge is 0.146 e. The zero-order chi connectivity index (χ0) is 14.1. The van der Waals surface area contributed by atoms with E-state index in [4.69, 9.17) is 4.74 Å². The van der Waals surface area contributed by atoms with E-state index in [0.29, 0.717) is 18.7 Å². The molecule has 0 bridgehead atoms. The van der Waals surface area contributed by atoms with Crippen LogP contribution in [0.1, 0.15) is 17.0 Å². The van der Waals surface area contributed by atoms with Gasteiger partial charge in [0.15, 0.2) is 0 Å². The van der Waals surface area contributed by atoms with Crippen molar-refractivity contribution < 1.29 is 13.5 Å². The van der Waals surface area contributed by atoms with Gasteiger partial charge in [-0.25, -0.2) is 8.78 Å². The number of fused-ring (bicyclic) bond motifs is 1. The molecule has 1 aliphatic rings. The van der Waals surface area contributed by atoms with Gasteiger partial charge in [0.25, 0.3) is 0 Å². The zero-order valence-electron chi connectivity index (χ0n) is 11.1. The van der Waals surface area contributed by atoms with Crippen LogP contribution in [0.3, 0.4) is 0 Å². The van der Waals surface area contributed by atoms with Crippen LogP contribution in [-0.2, 0) is 0 Å². The third-order valence-electron chi connectivity index (χ3n) is 3.59. The van der Waals surface area contributed by atoms with E-state index in [1.165, 1.54) is 12.1 Å². The number of benzene rings is 2. The highest BCUT2D eigenvalue weighted by Gasteiger charge is 2.23. The summed E-state index contributed by atoms with van der Waals surface area (Å²) in [6, 6.07) is 10.2. The summed E-state index contributed by atoms with van der Waals surface area (Å²) in [4.78, 5) is 0. The molecule has 0 amide bonds. The average Bonchev–Trinajstić information content (AvgIpc) is 2.85. The number of hydrogen-bond acceptors (Lipinski definition) is 2. The topological polar surface area (TPSA) is 21.3 Å². The van der Waals surface area contributed by atoms with Crippen LogP contribution in [0, 0.1) is 18.6 Å². The highest BCUT2D eigenvalue weighted by atomic mass is 19.1. The van der Waals surface area contributed by atoms with Gasteiger partial charge in [0, 0.05) is 24.1 Å². The van der Waals surface area contributed by atoms with E-state index in [1.54, 1.807) is 6.92 Å². The van der Waals surface area contributed by atoms with Crippen molar-refractivity contribution in [3.05, 3.63) is 59.2 Å². The summed E-state index contributed by atoms with van der Waals surface area (Å²) in [5.74, 6) is 0.179. The highest BCUT2D eigenvalue weighted by Crippen LogP contribution is 2.33. The summed E-state index contributed by atoms with van der Waals surface area (Å²) in [6.45, 7) is 2.61. The summed E-state index contributed by atoms with van der Waals surface area (Å²) in [5, 5.41) is 2.97. The Labute approximate surface area is 116 Å². The first-order chi connectivity index (χ1) is 9.65. The lowest BCUT2D eigenvalue weighted by Crippen LogP contribution is -2.15. The van der Waals surface area contributed by atoms with Crippen molar-refractivity contribution in [1.82, 2.24) is 0 Å². The number of para-hydroxylation sites is 1. The molecule has 0 radical (unpaired) electrons. The molecule has 1 aliphatic heterocycles. The summed E-state index contributed by atoms with van der Waals surface area (Å²) < 4.78 is 32.8. The van der Waals surface area contributed by atoms with Crippen LogP contribution in [0.25, 0.3) is 0 Å². The standard InChI is InChI=1S/C16H15F2NO/c1-10-6-14(18)15(7-13(10)17)19-8-11-9-20-16-5-3-2-4-12(11)16/h2-7,11,19H,8-9H2,1H3. The fraction of sp³-hybridized carbons (Fsp3) is 0.250. The molecular formula is C16H15F2NO. The van der Waals surface area contributed by atoms with E-state index in [2.05, 4.69) is 5.32 Å². The number of halogens is 2. The average molecular weight is 275 g/mol. The largest absolute Gasteiger partial charge is 0.493 e. The number of ether oxygens (including phenoxy) is 1. The van der Waals surface area contributed by atoms with Crippen LogP contribution in [0.4, 0.5) is 14.5 Å². The van der Waals surface area contributed by atoms with Gasteiger partial charge in [0.05, 0.1) is 12.3 Å². The Morgan fingerprint density at radius 3 is 2.85 bits per heavy atom. The summed E-state index contributed by atoms with van der Waals surface area (Å²) in [7, 11) is 0. The fourth-order valence-corrected chi connectivity index (χ4v) is 2.41. The first-order valence-electron chi connectivity index (χ1n) is 6.56. The lowest BCUT2D eigenvalue weighted by atomic mass is 10.0. The highest BCUT2D eigenvalue weighted by molar-refractivity contribution is 5.48. The molecular weight excluding hydrogens is 260 g/mol. The third kappa shape index (κ3) is 2.33. The molecule has 0 spiro atoms. The molecule has 20 heavy (non-hydrogen) atoms. The molecule has 1 N–H and O–H groups in total. The van der Waals surface area contributed by atoms with Gasteiger partial charge in [0.1, 0.15) is 17.4 Å². The lowest BCUT2D eigenvalue weighted by Gasteiger charge is -2.13. The SMILES string of the molecule is Cc1cc(F)c(NCC2COc3ccccc32)cc1F. The Hall–Kier alpha value is -2.10. The minimum atomic E-state index is -0.434. The van der Waals surface area contributed by atoms with Crippen LogP contribution < -0.4 is 10.1 Å². The first-order valence-corrected chi connectivity index (χ1v) is 6.56. The first kappa shape index (κ1) is 12.9. The minimum Gasteiger partial charge on any atom is -0.493 e. The fourth-order valence-electron chi connectivity index (χ4n) is 2.41. The van der Waals surface area contributed by atoms with Gasteiger partial charge in [0.2, 0.25) is 0 Å². The van der Waals surface area contributed by atoms with Crippen LogP contribution in [0.2, 0.25) is 0 Å². The van der Waals surface area contributed by atoms with E-state index in [0.717, 1.165) is 11.3 Å². The number of anilines is 1. The van der Waals surface area contributed by atoms with Crippen molar-refractivity contribution >= 4 is 5.69 Å². The molecule has 2 aromatic rings. The predicted octanol–water partition coefficient (Wildman–Crippen LogP) is 3.86. The van der Waals surface area contributed by atoms with Gasteiger partial charge in [-0.05, 0) is 24.6 Å². The van der Waals surface area contributed by atoms with Crippen molar-refractivity contribution in [3.8, 4) is 5.75 Å². The minimum absolute atomic E-state index is 0.148. The molecule has 1 unspecified atom stereocenters. The lowest BCUT2D eigenvalue weighted by molar-refractivity contribution is 0.334. The predicted molar refractivity (Wildman–Crippen MR) is 74.3 cm³/mol. The van der Waals surface area contributed by atoms with E-state index >= 15 is 0 Å². The van der Waals surface area contributed by atoms with Crippen LogP contribution in [-0.4, -0.2) is 13.2 Å². The molecule has 4 heteroatoms. The Bertz CT molecular complexity index is 642. The molecule has 0 aromatic heterocycles. The Morgan fingerprint density at radius 1 is 1.20 bits per heavy atom. The molecule has 3 rings (SSSR count). The van der Waals surface area contributed by atoms with Gasteiger partial charge in [-0.15, -0.1) is 0 Å². The Morgan fingerprint density at radius 2 is 2.00 bits per heavy atom. The maximum atomic E-state index is 13.7. The summed E-state index contributed by atoms with van der Waals surface area (Å²) in [6.07, 6.45) is 0. The van der Waals surface area contributed by atoms with Crippen LogP contribution in [0.5, 0.6) is 5.75 Å². The summed E-state index contributed by atoms with van der Waals surface area (Å²) in [5.41, 5.74) is 1.60. The van der Waals surface area contributed by atoms with Gasteiger partial charge in [-0.2, -0.15) is 0 Å². The molecule has 1 heterocycles. The van der Waals surface area contributed by atoms with Gasteiger partial charge in [-0.3, -0.25) is 0 Å². The van der Waals surface area contributed by atoms with Crippen molar-refractivity contribution in [2.75, 3.05) is 18.5 Å². The number of aryl methyl sites for hydroxylation is 1. The second kappa shape index (κ2) is 5.12. The van der Waals surface area contributed by atoms with Crippen molar-refractivity contribution in [2.45, 2.75) is 12.8 Å². The van der Waals surface area contributed by atoms with Gasteiger partial charge < -0.3 is 10.1 Å². The molecule has 0 fully saturated rings. The molecule has 0 saturated heterocycles. The van der Waals surface area contributed by atoms with Gasteiger partial charge >= 0.3 is 0 Å². The summed E-state index contributed by atoms with van der Waals surface area (Å²) >= 11 is 0. The second-order valence-electron chi connectivity index (χ2n) is 5.01. The number of nitrogens with one attached hydrogen (secondary N) is 1. The molecule has 2 nitrogen and oxygen atoms in total. The van der Waals surface area contributed by atoms with Gasteiger partial charge in [-0.1, -0.05) is 18.2 Å². The van der Waals surface area contributed by atoms with Crippen molar-refractivity contribution in [2.24, 2.45) is 0 Å². The molecule has 2 aromatic carbocycles. The van der Waals surface area contributed by atoms with E-state index in [9.17, 15) is 8.78 Å².